The van der Waals surface area contributed by atoms with Crippen molar-refractivity contribution in [3.8, 4) is 0 Å². The van der Waals surface area contributed by atoms with Crippen molar-refractivity contribution in [1.29, 1.82) is 0 Å². The Morgan fingerprint density at radius 2 is 1.70 bits per heavy atom. The lowest BCUT2D eigenvalue weighted by atomic mass is 10.0. The maximum absolute atomic E-state index is 14.0. The van der Waals surface area contributed by atoms with Gasteiger partial charge in [-0.05, 0) is 42.7 Å². The Morgan fingerprint density at radius 1 is 1.02 bits per heavy atom. The molecule has 0 heterocycles. The van der Waals surface area contributed by atoms with Crippen molar-refractivity contribution in [2.75, 3.05) is 23.7 Å². The smallest absolute Gasteiger partial charge is 0.271 e. The van der Waals surface area contributed by atoms with Gasteiger partial charge < -0.3 is 10.2 Å². The van der Waals surface area contributed by atoms with Crippen LogP contribution in [0.5, 0.6) is 0 Å². The van der Waals surface area contributed by atoms with E-state index >= 15 is 0 Å². The van der Waals surface area contributed by atoms with Crippen LogP contribution in [0.25, 0.3) is 0 Å². The number of anilines is 1. The summed E-state index contributed by atoms with van der Waals surface area (Å²) >= 11 is 6.19. The second kappa shape index (κ2) is 13.4. The van der Waals surface area contributed by atoms with Crippen LogP contribution in [0.4, 0.5) is 11.4 Å². The Labute approximate surface area is 238 Å². The highest BCUT2D eigenvalue weighted by Gasteiger charge is 2.33. The molecule has 0 aromatic heterocycles. The highest BCUT2D eigenvalue weighted by Crippen LogP contribution is 2.28. The molecule has 3 aromatic carbocycles. The van der Waals surface area contributed by atoms with Crippen molar-refractivity contribution < 1.29 is 22.9 Å². The molecule has 1 atom stereocenters. The Morgan fingerprint density at radius 3 is 2.30 bits per heavy atom. The topological polar surface area (TPSA) is 130 Å². The number of likely N-dealkylation sites (N-methyl/N-ethyl adjacent to an activating group) is 1. The molecule has 0 saturated carbocycles. The average molecular weight is 587 g/mol. The molecule has 10 nitrogen and oxygen atoms in total. The predicted molar refractivity (Wildman–Crippen MR) is 155 cm³/mol. The van der Waals surface area contributed by atoms with Crippen molar-refractivity contribution in [1.82, 2.24) is 10.2 Å². The molecule has 0 spiro atoms. The zero-order valence-electron chi connectivity index (χ0n) is 22.4. The lowest BCUT2D eigenvalue weighted by Crippen LogP contribution is -2.53. The molecular weight excluding hydrogens is 556 g/mol. The molecule has 2 amide bonds. The number of nitrogens with one attached hydrogen (secondary N) is 1. The van der Waals surface area contributed by atoms with Gasteiger partial charge in [-0.25, -0.2) is 8.42 Å². The van der Waals surface area contributed by atoms with Gasteiger partial charge in [-0.1, -0.05) is 60.1 Å². The van der Waals surface area contributed by atoms with E-state index in [-0.39, 0.29) is 24.3 Å². The third-order valence-electron chi connectivity index (χ3n) is 6.22. The van der Waals surface area contributed by atoms with Crippen molar-refractivity contribution >= 4 is 44.8 Å². The van der Waals surface area contributed by atoms with Gasteiger partial charge in [-0.3, -0.25) is 24.0 Å². The summed E-state index contributed by atoms with van der Waals surface area (Å²) < 4.78 is 26.7. The van der Waals surface area contributed by atoms with Crippen LogP contribution < -0.4 is 9.62 Å². The van der Waals surface area contributed by atoms with Crippen LogP contribution in [-0.2, 0) is 32.6 Å². The maximum Gasteiger partial charge on any atom is 0.271 e. The van der Waals surface area contributed by atoms with Gasteiger partial charge >= 0.3 is 0 Å². The third-order valence-corrected chi connectivity index (χ3v) is 7.58. The SMILES string of the molecule is CCNC(=O)[C@H](Cc1ccccc1)N(Cc1cccc(Cl)c1)C(=O)CN(c1cc([N+](=O)[O-])ccc1C)S(C)(=O)=O. The van der Waals surface area contributed by atoms with Crippen LogP contribution in [-0.4, -0.2) is 55.4 Å². The fourth-order valence-corrected chi connectivity index (χ4v) is 5.36. The van der Waals surface area contributed by atoms with E-state index in [9.17, 15) is 28.1 Å². The summed E-state index contributed by atoms with van der Waals surface area (Å²) in [5, 5.41) is 14.6. The van der Waals surface area contributed by atoms with Gasteiger partial charge in [-0.2, -0.15) is 0 Å². The first-order valence-electron chi connectivity index (χ1n) is 12.5. The lowest BCUT2D eigenvalue weighted by Gasteiger charge is -2.33. The standard InChI is InChI=1S/C28H31ClN4O6S/c1-4-30-28(35)26(16-21-9-6-5-7-10-21)31(18-22-11-8-12-23(29)15-22)27(34)19-32(40(3,38)39)25-17-24(33(36)37)14-13-20(25)2/h5-15,17,26H,4,16,18-19H2,1-3H3,(H,30,35)/t26-/m0/s1. The zero-order valence-corrected chi connectivity index (χ0v) is 24.0. The number of nitro groups is 1. The first-order chi connectivity index (χ1) is 18.9. The van der Waals surface area contributed by atoms with E-state index < -0.39 is 39.3 Å². The van der Waals surface area contributed by atoms with Crippen LogP contribution in [0.3, 0.4) is 0 Å². The van der Waals surface area contributed by atoms with E-state index in [1.807, 2.05) is 30.3 Å². The van der Waals surface area contributed by atoms with E-state index in [1.54, 1.807) is 38.1 Å². The second-order valence-corrected chi connectivity index (χ2v) is 11.6. The average Bonchev–Trinajstić information content (AvgIpc) is 2.89. The molecule has 0 fully saturated rings. The predicted octanol–water partition coefficient (Wildman–Crippen LogP) is 4.10. The number of nitrogens with zero attached hydrogens (tertiary/aromatic N) is 3. The fourth-order valence-electron chi connectivity index (χ4n) is 4.25. The Hall–Kier alpha value is -3.96. The number of hydrogen-bond donors (Lipinski definition) is 1. The van der Waals surface area contributed by atoms with Crippen molar-refractivity contribution in [2.45, 2.75) is 32.9 Å². The van der Waals surface area contributed by atoms with Crippen LogP contribution in [0, 0.1) is 17.0 Å². The van der Waals surface area contributed by atoms with Gasteiger partial charge in [0.1, 0.15) is 12.6 Å². The number of carbonyl (C=O) groups is 2. The number of amides is 2. The quantitative estimate of drug-likeness (QED) is 0.251. The van der Waals surface area contributed by atoms with E-state index in [4.69, 9.17) is 11.6 Å². The van der Waals surface area contributed by atoms with Gasteiger partial charge in [0.2, 0.25) is 21.8 Å². The number of nitro benzene ring substituents is 1. The summed E-state index contributed by atoms with van der Waals surface area (Å²) in [6.45, 7) is 2.98. The summed E-state index contributed by atoms with van der Waals surface area (Å²) in [7, 11) is -4.06. The molecule has 3 aromatic rings. The number of carbonyl (C=O) groups excluding carboxylic acids is 2. The minimum absolute atomic E-state index is 0.00498. The first-order valence-corrected chi connectivity index (χ1v) is 14.7. The molecule has 0 aliphatic carbocycles. The second-order valence-electron chi connectivity index (χ2n) is 9.25. The maximum atomic E-state index is 14.0. The van der Waals surface area contributed by atoms with E-state index in [0.717, 1.165) is 22.2 Å². The molecular formula is C28H31ClN4O6S. The monoisotopic (exact) mass is 586 g/mol. The van der Waals surface area contributed by atoms with Gasteiger partial charge in [0.05, 0.1) is 16.9 Å². The summed E-state index contributed by atoms with van der Waals surface area (Å²) in [5.41, 5.74) is 1.56. The molecule has 12 heteroatoms. The number of benzene rings is 3. The Bertz CT molecular complexity index is 1480. The molecule has 0 bridgehead atoms. The van der Waals surface area contributed by atoms with Gasteiger partial charge in [-0.15, -0.1) is 0 Å². The number of halogens is 1. The summed E-state index contributed by atoms with van der Waals surface area (Å²) in [6, 6.07) is 18.8. The Balaban J connectivity index is 2.09. The van der Waals surface area contributed by atoms with Crippen LogP contribution in [0.2, 0.25) is 5.02 Å². The van der Waals surface area contributed by atoms with Crippen LogP contribution >= 0.6 is 11.6 Å². The molecule has 1 N–H and O–H groups in total. The summed E-state index contributed by atoms with van der Waals surface area (Å²) in [6.07, 6.45) is 1.10. The third kappa shape index (κ3) is 8.03. The van der Waals surface area contributed by atoms with E-state index in [2.05, 4.69) is 5.32 Å². The molecule has 0 aliphatic rings. The van der Waals surface area contributed by atoms with Gasteiger partial charge in [0.25, 0.3) is 5.69 Å². The van der Waals surface area contributed by atoms with Crippen molar-refractivity contribution in [3.05, 3.63) is 105 Å². The molecule has 0 aliphatic heterocycles. The minimum atomic E-state index is -4.06. The lowest BCUT2D eigenvalue weighted by molar-refractivity contribution is -0.384. The highest BCUT2D eigenvalue weighted by atomic mass is 35.5. The molecule has 0 radical (unpaired) electrons. The molecule has 0 saturated heterocycles. The van der Waals surface area contributed by atoms with E-state index in [0.29, 0.717) is 22.7 Å². The minimum Gasteiger partial charge on any atom is -0.355 e. The number of sulfonamides is 1. The molecule has 40 heavy (non-hydrogen) atoms. The zero-order chi connectivity index (χ0) is 29.4. The molecule has 3 rings (SSSR count). The first kappa shape index (κ1) is 30.6. The number of rotatable bonds is 12. The fraction of sp³-hybridized carbons (Fsp3) is 0.286. The molecule has 212 valence electrons. The largest absolute Gasteiger partial charge is 0.355 e. The van der Waals surface area contributed by atoms with Crippen molar-refractivity contribution in [3.63, 3.8) is 0 Å². The summed E-state index contributed by atoms with van der Waals surface area (Å²) in [5.74, 6) is -1.07. The van der Waals surface area contributed by atoms with Crippen LogP contribution in [0.1, 0.15) is 23.6 Å². The number of aryl methyl sites for hydroxylation is 1. The van der Waals surface area contributed by atoms with E-state index in [1.165, 1.54) is 17.0 Å². The normalized spacial score (nSPS) is 11.9. The Kier molecular flexibility index (Phi) is 10.2. The van der Waals surface area contributed by atoms with Crippen LogP contribution in [0.15, 0.2) is 72.8 Å². The number of hydrogen-bond acceptors (Lipinski definition) is 6. The number of non-ortho nitro benzene ring substituents is 1. The van der Waals surface area contributed by atoms with Crippen molar-refractivity contribution in [2.24, 2.45) is 0 Å². The highest BCUT2D eigenvalue weighted by molar-refractivity contribution is 7.92. The van der Waals surface area contributed by atoms with Gasteiger partial charge in [0, 0.05) is 36.7 Å². The molecule has 0 unspecified atom stereocenters. The van der Waals surface area contributed by atoms with Gasteiger partial charge in [0.15, 0.2) is 0 Å². The summed E-state index contributed by atoms with van der Waals surface area (Å²) in [4.78, 5) is 39.4.